The monoisotopic (exact) mass is 249 g/mol. The first-order valence-corrected chi connectivity index (χ1v) is 7.30. The van der Waals surface area contributed by atoms with Gasteiger partial charge in [0.1, 0.15) is 0 Å². The zero-order chi connectivity index (χ0) is 11.7. The largest absolute Gasteiger partial charge is 0.379 e. The molecule has 2 aliphatic rings. The predicted octanol–water partition coefficient (Wildman–Crippen LogP) is 2.64. The molecule has 2 unspecified atom stereocenters. The van der Waals surface area contributed by atoms with E-state index in [9.17, 15) is 0 Å². The first kappa shape index (κ1) is 11.6. The minimum Gasteiger partial charge on any atom is -0.379 e. The van der Waals surface area contributed by atoms with Gasteiger partial charge in [-0.3, -0.25) is 0 Å². The molecule has 1 aromatic carbocycles. The number of hydrogen-bond donors (Lipinski definition) is 1. The van der Waals surface area contributed by atoms with Crippen molar-refractivity contribution >= 4 is 11.8 Å². The smallest absolute Gasteiger partial charge is 0.0646 e. The Morgan fingerprint density at radius 1 is 1.47 bits per heavy atom. The second-order valence-electron chi connectivity index (χ2n) is 5.29. The molecule has 1 N–H and O–H groups in total. The van der Waals surface area contributed by atoms with Crippen LogP contribution in [0.1, 0.15) is 24.8 Å². The van der Waals surface area contributed by atoms with Crippen LogP contribution in [0.15, 0.2) is 29.2 Å². The van der Waals surface area contributed by atoms with Gasteiger partial charge in [-0.2, -0.15) is 0 Å². The molecule has 1 fully saturated rings. The van der Waals surface area contributed by atoms with E-state index < -0.39 is 0 Å². The highest BCUT2D eigenvalue weighted by molar-refractivity contribution is 7.99. The van der Waals surface area contributed by atoms with Gasteiger partial charge in [0, 0.05) is 35.3 Å². The Kier molecular flexibility index (Phi) is 3.16. The standard InChI is InChI=1S/C14H19NOS/c1-14(6-7-16-10-14)15-8-11-9-17-13-5-3-2-4-12(11)13/h2-5,11,15H,6-10H2,1H3. The third-order valence-corrected chi connectivity index (χ3v) is 5.04. The Labute approximate surface area is 107 Å². The Hall–Kier alpha value is -0.510. The molecular formula is C14H19NOS. The van der Waals surface area contributed by atoms with Crippen molar-refractivity contribution in [2.75, 3.05) is 25.5 Å². The van der Waals surface area contributed by atoms with Crippen molar-refractivity contribution < 1.29 is 4.74 Å². The second kappa shape index (κ2) is 4.63. The summed E-state index contributed by atoms with van der Waals surface area (Å²) >= 11 is 1.99. The molecule has 2 aliphatic heterocycles. The number of thioether (sulfide) groups is 1. The van der Waals surface area contributed by atoms with Crippen LogP contribution < -0.4 is 5.32 Å². The molecule has 92 valence electrons. The maximum Gasteiger partial charge on any atom is 0.0646 e. The molecule has 2 nitrogen and oxygen atoms in total. The van der Waals surface area contributed by atoms with Crippen molar-refractivity contribution in [3.63, 3.8) is 0 Å². The molecule has 0 spiro atoms. The Morgan fingerprint density at radius 2 is 2.35 bits per heavy atom. The van der Waals surface area contributed by atoms with Gasteiger partial charge in [-0.15, -0.1) is 11.8 Å². The van der Waals surface area contributed by atoms with Crippen LogP contribution in [0, 0.1) is 0 Å². The van der Waals surface area contributed by atoms with E-state index in [2.05, 4.69) is 36.5 Å². The molecule has 0 aliphatic carbocycles. The van der Waals surface area contributed by atoms with Crippen LogP contribution in [-0.2, 0) is 4.74 Å². The van der Waals surface area contributed by atoms with Crippen LogP contribution >= 0.6 is 11.8 Å². The molecule has 0 amide bonds. The van der Waals surface area contributed by atoms with E-state index in [1.165, 1.54) is 16.2 Å². The Balaban J connectivity index is 1.64. The molecule has 0 aromatic heterocycles. The van der Waals surface area contributed by atoms with E-state index in [4.69, 9.17) is 4.74 Å². The average molecular weight is 249 g/mol. The lowest BCUT2D eigenvalue weighted by Crippen LogP contribution is -2.44. The lowest BCUT2D eigenvalue weighted by molar-refractivity contribution is 0.171. The van der Waals surface area contributed by atoms with Crippen LogP contribution in [0.4, 0.5) is 0 Å². The van der Waals surface area contributed by atoms with E-state index in [0.717, 1.165) is 26.2 Å². The third-order valence-electron chi connectivity index (χ3n) is 3.79. The topological polar surface area (TPSA) is 21.3 Å². The number of benzene rings is 1. The lowest BCUT2D eigenvalue weighted by Gasteiger charge is -2.25. The second-order valence-corrected chi connectivity index (χ2v) is 6.35. The van der Waals surface area contributed by atoms with Crippen molar-refractivity contribution in [3.05, 3.63) is 29.8 Å². The molecule has 1 aromatic rings. The van der Waals surface area contributed by atoms with Crippen LogP contribution in [0.2, 0.25) is 0 Å². The van der Waals surface area contributed by atoms with Gasteiger partial charge in [0.05, 0.1) is 6.61 Å². The first-order valence-electron chi connectivity index (χ1n) is 6.31. The van der Waals surface area contributed by atoms with Crippen molar-refractivity contribution in [2.24, 2.45) is 0 Å². The van der Waals surface area contributed by atoms with Crippen molar-refractivity contribution in [2.45, 2.75) is 29.7 Å². The molecule has 1 saturated heterocycles. The van der Waals surface area contributed by atoms with E-state index >= 15 is 0 Å². The third kappa shape index (κ3) is 2.37. The zero-order valence-corrected chi connectivity index (χ0v) is 11.1. The molecule has 3 rings (SSSR count). The summed E-state index contributed by atoms with van der Waals surface area (Å²) in [5.41, 5.74) is 1.72. The van der Waals surface area contributed by atoms with Gasteiger partial charge >= 0.3 is 0 Å². The van der Waals surface area contributed by atoms with Gasteiger partial charge in [-0.1, -0.05) is 18.2 Å². The minimum atomic E-state index is 0.197. The van der Waals surface area contributed by atoms with Gasteiger partial charge in [0.15, 0.2) is 0 Å². The maximum absolute atomic E-state index is 5.48. The molecule has 3 heteroatoms. The molecule has 2 atom stereocenters. The SMILES string of the molecule is CC1(NCC2CSc3ccccc32)CCOC1. The average Bonchev–Trinajstić information content (AvgIpc) is 2.94. The van der Waals surface area contributed by atoms with E-state index in [-0.39, 0.29) is 5.54 Å². The van der Waals surface area contributed by atoms with Gasteiger partial charge in [0.2, 0.25) is 0 Å². The van der Waals surface area contributed by atoms with Gasteiger partial charge < -0.3 is 10.1 Å². The molecular weight excluding hydrogens is 230 g/mol. The molecule has 2 heterocycles. The maximum atomic E-state index is 5.48. The van der Waals surface area contributed by atoms with E-state index in [1.807, 2.05) is 11.8 Å². The first-order chi connectivity index (χ1) is 8.27. The summed E-state index contributed by atoms with van der Waals surface area (Å²) in [6, 6.07) is 8.79. The highest BCUT2D eigenvalue weighted by Gasteiger charge is 2.31. The summed E-state index contributed by atoms with van der Waals surface area (Å²) in [6.07, 6.45) is 1.13. The van der Waals surface area contributed by atoms with Crippen molar-refractivity contribution in [3.8, 4) is 0 Å². The highest BCUT2D eigenvalue weighted by atomic mass is 32.2. The molecule has 0 bridgehead atoms. The summed E-state index contributed by atoms with van der Waals surface area (Å²) < 4.78 is 5.48. The minimum absolute atomic E-state index is 0.197. The van der Waals surface area contributed by atoms with E-state index in [1.54, 1.807) is 0 Å². The molecule has 0 radical (unpaired) electrons. The molecule has 17 heavy (non-hydrogen) atoms. The predicted molar refractivity (Wildman–Crippen MR) is 71.8 cm³/mol. The van der Waals surface area contributed by atoms with Gasteiger partial charge in [0.25, 0.3) is 0 Å². The van der Waals surface area contributed by atoms with Crippen LogP contribution in [0.25, 0.3) is 0 Å². The fraction of sp³-hybridized carbons (Fsp3) is 0.571. The zero-order valence-electron chi connectivity index (χ0n) is 10.2. The quantitative estimate of drug-likeness (QED) is 0.890. The number of nitrogens with one attached hydrogen (secondary N) is 1. The summed E-state index contributed by atoms with van der Waals surface area (Å²) in [4.78, 5) is 1.46. The van der Waals surface area contributed by atoms with Crippen molar-refractivity contribution in [1.29, 1.82) is 0 Å². The Bertz CT molecular complexity index is 401. The van der Waals surface area contributed by atoms with Crippen LogP contribution in [0.5, 0.6) is 0 Å². The fourth-order valence-corrected chi connectivity index (χ4v) is 3.83. The Morgan fingerprint density at radius 3 is 3.18 bits per heavy atom. The molecule has 0 saturated carbocycles. The van der Waals surface area contributed by atoms with Gasteiger partial charge in [-0.05, 0) is 25.0 Å². The summed E-state index contributed by atoms with van der Waals surface area (Å²) in [5.74, 6) is 1.87. The fourth-order valence-electron chi connectivity index (χ4n) is 2.57. The normalized spacial score (nSPS) is 31.7. The number of ether oxygens (including phenoxy) is 1. The van der Waals surface area contributed by atoms with Crippen molar-refractivity contribution in [1.82, 2.24) is 5.32 Å². The highest BCUT2D eigenvalue weighted by Crippen LogP contribution is 2.39. The lowest BCUT2D eigenvalue weighted by atomic mass is 9.97. The van der Waals surface area contributed by atoms with Crippen LogP contribution in [-0.4, -0.2) is 31.1 Å². The van der Waals surface area contributed by atoms with E-state index in [0.29, 0.717) is 5.92 Å². The van der Waals surface area contributed by atoms with Crippen LogP contribution in [0.3, 0.4) is 0 Å². The summed E-state index contributed by atoms with van der Waals surface area (Å²) in [7, 11) is 0. The summed E-state index contributed by atoms with van der Waals surface area (Å²) in [5, 5.41) is 3.70. The number of rotatable bonds is 3. The number of hydrogen-bond acceptors (Lipinski definition) is 3. The summed E-state index contributed by atoms with van der Waals surface area (Å²) in [6.45, 7) is 5.10. The number of fused-ring (bicyclic) bond motifs is 1. The van der Waals surface area contributed by atoms with Gasteiger partial charge in [-0.25, -0.2) is 0 Å².